The van der Waals surface area contributed by atoms with E-state index in [1.54, 1.807) is 0 Å². The van der Waals surface area contributed by atoms with E-state index in [9.17, 15) is 65.9 Å². The molecule has 0 unspecified atom stereocenters. The zero-order valence-electron chi connectivity index (χ0n) is 15.5. The Labute approximate surface area is 189 Å². The summed E-state index contributed by atoms with van der Waals surface area (Å²) < 4.78 is 203. The molecular weight excluding hydrogens is 609 g/mol. The van der Waals surface area contributed by atoms with Crippen molar-refractivity contribution >= 4 is 35.5 Å². The summed E-state index contributed by atoms with van der Waals surface area (Å²) in [6.07, 6.45) is 0. The van der Waals surface area contributed by atoms with Gasteiger partial charge in [0, 0.05) is 0 Å². The van der Waals surface area contributed by atoms with Crippen LogP contribution in [0, 0.1) is 87.3 Å². The summed E-state index contributed by atoms with van der Waals surface area (Å²) in [6.45, 7) is 0. The molecule has 0 fully saturated rings. The van der Waals surface area contributed by atoms with Gasteiger partial charge in [-0.1, -0.05) is 0 Å². The predicted molar refractivity (Wildman–Crippen MR) is 89.2 cm³/mol. The van der Waals surface area contributed by atoms with Crippen LogP contribution in [0.25, 0.3) is 0 Å². The van der Waals surface area contributed by atoms with Crippen molar-refractivity contribution in [2.75, 3.05) is 0 Å². The van der Waals surface area contributed by atoms with Gasteiger partial charge in [-0.15, -0.1) is 0 Å². The molecule has 0 atom stereocenters. The maximum atomic E-state index is 14.6. The first-order chi connectivity index (χ1) is 16.0. The van der Waals surface area contributed by atoms with Gasteiger partial charge in [0.05, 0.1) is 0 Å². The molecule has 0 spiro atoms. The fourth-order valence-electron chi connectivity index (χ4n) is 3.10. The van der Waals surface area contributed by atoms with Crippen molar-refractivity contribution in [2.24, 2.45) is 0 Å². The molecule has 3 rings (SSSR count). The second-order valence-corrected chi connectivity index (χ2v) is 15.3. The van der Waals surface area contributed by atoms with E-state index >= 15 is 0 Å². The second-order valence-electron chi connectivity index (χ2n) is 6.49. The van der Waals surface area contributed by atoms with Gasteiger partial charge in [0.25, 0.3) is 0 Å². The Morgan fingerprint density at radius 1 is 0.257 bits per heavy atom. The van der Waals surface area contributed by atoms with Crippen LogP contribution in [0.5, 0.6) is 0 Å². The topological polar surface area (TPSA) is 0 Å². The third-order valence-corrected chi connectivity index (χ3v) is 14.7. The second kappa shape index (κ2) is 8.83. The average molecular weight is 609 g/mol. The SMILES string of the molecule is Fc1c(F)c(F)[c]([Ge]([Cl])([c]2c(F)c(F)c(F)c(F)c2F)[c]2c(F)c(F)c(F)c(F)c2F)c(F)c1F. The van der Waals surface area contributed by atoms with E-state index in [0.29, 0.717) is 0 Å². The van der Waals surface area contributed by atoms with Gasteiger partial charge in [0.2, 0.25) is 0 Å². The summed E-state index contributed by atoms with van der Waals surface area (Å²) in [4.78, 5) is 0. The van der Waals surface area contributed by atoms with Gasteiger partial charge in [-0.2, -0.15) is 0 Å². The first kappa shape index (κ1) is 27.0. The molecule has 3 aromatic rings. The Morgan fingerprint density at radius 3 is 0.514 bits per heavy atom. The molecule has 188 valence electrons. The van der Waals surface area contributed by atoms with Gasteiger partial charge in [-0.25, -0.2) is 0 Å². The molecule has 3 aromatic carbocycles. The summed E-state index contributed by atoms with van der Waals surface area (Å²) in [7, 11) is 5.72. The molecule has 0 radical (unpaired) electrons. The molecule has 0 saturated heterocycles. The number of hydrogen-bond donors (Lipinski definition) is 0. The van der Waals surface area contributed by atoms with Crippen LogP contribution in [0.4, 0.5) is 65.9 Å². The molecule has 0 aliphatic carbocycles. The summed E-state index contributed by atoms with van der Waals surface area (Å²) >= 11 is -7.87. The number of hydrogen-bond acceptors (Lipinski definition) is 0. The molecule has 0 aliphatic rings. The van der Waals surface area contributed by atoms with Gasteiger partial charge >= 0.3 is 189 Å². The van der Waals surface area contributed by atoms with E-state index in [1.807, 2.05) is 0 Å². The van der Waals surface area contributed by atoms with Crippen molar-refractivity contribution < 1.29 is 65.9 Å². The molecule has 0 heterocycles. The van der Waals surface area contributed by atoms with Gasteiger partial charge in [0.1, 0.15) is 0 Å². The van der Waals surface area contributed by atoms with Crippen molar-refractivity contribution in [2.45, 2.75) is 0 Å². The summed E-state index contributed by atoms with van der Waals surface area (Å²) in [6, 6.07) is 0. The Hall–Kier alpha value is -2.56. The van der Waals surface area contributed by atoms with Crippen LogP contribution in [0.1, 0.15) is 0 Å². The molecule has 17 heteroatoms. The average Bonchev–Trinajstić information content (AvgIpc) is 2.81. The Kier molecular flexibility index (Phi) is 6.82. The minimum absolute atomic E-state index is 2.74. The molecule has 0 nitrogen and oxygen atoms in total. The van der Waals surface area contributed by atoms with E-state index in [0.717, 1.165) is 0 Å². The van der Waals surface area contributed by atoms with Crippen molar-refractivity contribution in [3.8, 4) is 0 Å². The first-order valence-corrected chi connectivity index (χ1v) is 14.2. The van der Waals surface area contributed by atoms with Crippen LogP contribution >= 0.6 is 10.0 Å². The Balaban J connectivity index is 2.78. The van der Waals surface area contributed by atoms with Crippen LogP contribution in [-0.2, 0) is 0 Å². The first-order valence-electron chi connectivity index (χ1n) is 8.27. The van der Waals surface area contributed by atoms with E-state index < -0.39 is 113 Å². The van der Waals surface area contributed by atoms with Crippen molar-refractivity contribution in [1.29, 1.82) is 0 Å². The van der Waals surface area contributed by atoms with Crippen LogP contribution in [-0.4, -0.2) is 12.3 Å². The van der Waals surface area contributed by atoms with Crippen molar-refractivity contribution in [3.63, 3.8) is 0 Å². The van der Waals surface area contributed by atoms with E-state index in [1.165, 1.54) is 0 Å². The third kappa shape index (κ3) is 3.56. The fourth-order valence-corrected chi connectivity index (χ4v) is 12.4. The summed E-state index contributed by atoms with van der Waals surface area (Å²) in [5.41, 5.74) is 0. The zero-order valence-corrected chi connectivity index (χ0v) is 18.4. The monoisotopic (exact) mass is 610 g/mol. The van der Waals surface area contributed by atoms with Gasteiger partial charge in [0.15, 0.2) is 0 Å². The minimum atomic E-state index is -7.87. The quantitative estimate of drug-likeness (QED) is 0.170. The molecule has 0 bridgehead atoms. The number of halogens is 16. The zero-order chi connectivity index (χ0) is 26.9. The maximum absolute atomic E-state index is 14.6. The summed E-state index contributed by atoms with van der Waals surface area (Å²) in [5, 5.41) is 0. The molecule has 0 aliphatic heterocycles. The van der Waals surface area contributed by atoms with Crippen LogP contribution < -0.4 is 13.2 Å². The molecule has 0 N–H and O–H groups in total. The van der Waals surface area contributed by atoms with Gasteiger partial charge in [-0.05, 0) is 0 Å². The number of rotatable bonds is 3. The normalized spacial score (nSPS) is 12.0. The summed E-state index contributed by atoms with van der Waals surface area (Å²) in [5.74, 6) is -46.0. The standard InChI is InChI=1S/C18ClF15Ge/c19-35(16-10(29)4(23)1(20)5(24)11(16)30,17-12(31)6(25)2(21)7(26)13(17)32)18-14(33)8(27)3(22)9(28)15(18)34. The van der Waals surface area contributed by atoms with E-state index in [-0.39, 0.29) is 0 Å². The van der Waals surface area contributed by atoms with Crippen LogP contribution in [0.15, 0.2) is 0 Å². The predicted octanol–water partition coefficient (Wildman–Crippen LogP) is 4.98. The van der Waals surface area contributed by atoms with Crippen LogP contribution in [0.2, 0.25) is 0 Å². The molecule has 0 saturated carbocycles. The van der Waals surface area contributed by atoms with Crippen molar-refractivity contribution in [1.82, 2.24) is 0 Å². The third-order valence-electron chi connectivity index (χ3n) is 4.66. The molecule has 0 amide bonds. The van der Waals surface area contributed by atoms with E-state index in [4.69, 9.17) is 10.0 Å². The Bertz CT molecular complexity index is 1170. The fraction of sp³-hybridized carbons (Fsp3) is 0. The molecular formula is C18ClF15Ge. The van der Waals surface area contributed by atoms with Crippen LogP contribution in [0.3, 0.4) is 0 Å². The van der Waals surface area contributed by atoms with E-state index in [2.05, 4.69) is 0 Å². The van der Waals surface area contributed by atoms with Gasteiger partial charge < -0.3 is 0 Å². The Morgan fingerprint density at radius 2 is 0.371 bits per heavy atom. The van der Waals surface area contributed by atoms with Gasteiger partial charge in [-0.3, -0.25) is 0 Å². The number of benzene rings is 3. The molecule has 35 heavy (non-hydrogen) atoms. The molecule has 0 aromatic heterocycles. The van der Waals surface area contributed by atoms with Crippen molar-refractivity contribution in [3.05, 3.63) is 87.3 Å².